The highest BCUT2D eigenvalue weighted by Crippen LogP contribution is 2.31. The molecule has 42 heavy (non-hydrogen) atoms. The number of benzene rings is 5. The Kier molecular flexibility index (Phi) is 5.84. The van der Waals surface area contributed by atoms with Gasteiger partial charge in [0.2, 0.25) is 0 Å². The molecule has 6 aromatic rings. The van der Waals surface area contributed by atoms with Crippen molar-refractivity contribution in [2.75, 3.05) is 0 Å². The van der Waals surface area contributed by atoms with Gasteiger partial charge in [0.25, 0.3) is 0 Å². The van der Waals surface area contributed by atoms with Gasteiger partial charge in [-0.2, -0.15) is 0 Å². The van der Waals surface area contributed by atoms with Gasteiger partial charge in [0, 0.05) is 40.1 Å². The van der Waals surface area contributed by atoms with E-state index in [1.54, 1.807) is 66.7 Å². The van der Waals surface area contributed by atoms with Gasteiger partial charge >= 0.3 is 5.97 Å². The number of hydrogen-bond acceptors (Lipinski definition) is 5. The van der Waals surface area contributed by atoms with Crippen LogP contribution >= 0.6 is 0 Å². The fraction of sp³-hybridized carbons (Fsp3) is 0.0278. The lowest BCUT2D eigenvalue weighted by atomic mass is 9.84. The summed E-state index contributed by atoms with van der Waals surface area (Å²) in [5, 5.41) is 15.8. The first-order chi connectivity index (χ1) is 20.4. The topological polar surface area (TPSA) is 101 Å². The Morgan fingerprint density at radius 1 is 0.619 bits per heavy atom. The van der Waals surface area contributed by atoms with Crippen LogP contribution in [-0.2, 0) is 4.79 Å². The van der Waals surface area contributed by atoms with Crippen LogP contribution in [0, 0.1) is 0 Å². The summed E-state index contributed by atoms with van der Waals surface area (Å²) in [6.07, 6.45) is 3.90. The third-order valence-electron chi connectivity index (χ3n) is 7.80. The van der Waals surface area contributed by atoms with Crippen molar-refractivity contribution in [2.45, 2.75) is 6.42 Å². The first-order valence-corrected chi connectivity index (χ1v) is 13.4. The van der Waals surface area contributed by atoms with E-state index in [0.717, 1.165) is 37.7 Å². The normalized spacial score (nSPS) is 13.4. The Hall–Kier alpha value is -5.75. The van der Waals surface area contributed by atoms with Crippen LogP contribution in [-0.4, -0.2) is 33.4 Å². The van der Waals surface area contributed by atoms with Crippen molar-refractivity contribution in [1.82, 2.24) is 4.98 Å². The lowest BCUT2D eigenvalue weighted by molar-refractivity contribution is -0.112. The number of fused-ring (bicyclic) bond motifs is 8. The fourth-order valence-corrected chi connectivity index (χ4v) is 5.79. The van der Waals surface area contributed by atoms with Gasteiger partial charge in [0.05, 0.1) is 16.4 Å². The van der Waals surface area contributed by atoms with E-state index < -0.39 is 5.97 Å². The molecule has 8 rings (SSSR count). The second-order valence-electron chi connectivity index (χ2n) is 10.2. The summed E-state index contributed by atoms with van der Waals surface area (Å²) in [6.45, 7) is 0. The van der Waals surface area contributed by atoms with Crippen molar-refractivity contribution in [2.24, 2.45) is 0 Å². The summed E-state index contributed by atoms with van der Waals surface area (Å²) in [7, 11) is 0. The van der Waals surface area contributed by atoms with E-state index >= 15 is 0 Å². The van der Waals surface area contributed by atoms with Crippen LogP contribution in [0.3, 0.4) is 0 Å². The molecule has 0 unspecified atom stereocenters. The lowest BCUT2D eigenvalue weighted by Gasteiger charge is -2.16. The summed E-state index contributed by atoms with van der Waals surface area (Å²) in [4.78, 5) is 52.0. The highest BCUT2D eigenvalue weighted by Gasteiger charge is 2.28. The molecule has 0 radical (unpaired) electrons. The van der Waals surface area contributed by atoms with Crippen LogP contribution < -0.4 is 10.6 Å². The summed E-state index contributed by atoms with van der Waals surface area (Å²) >= 11 is 0. The molecule has 6 heteroatoms. The molecular weight excluding hydrogens is 526 g/mol. The molecule has 2 aliphatic carbocycles. The zero-order chi connectivity index (χ0) is 29.0. The molecule has 2 aliphatic rings. The lowest BCUT2D eigenvalue weighted by Crippen LogP contribution is -2.32. The standard InChI is InChI=1S/C22H13NO3.C14H8O2/c24-13-5-4-12-10-19-17-7-6-16-14(2-1-3-18(16)22(25)26)15(17)8-9-20(19)23-21(12)11-13;15-13-9-5-1-2-6-10(9)14(16)12-8-4-3-7-11(12)13/h1-4,6-11H,5H2,(H,25,26);1-8H. The molecule has 0 spiro atoms. The number of pyridine rings is 1. The number of carbonyl (C=O) groups is 4. The maximum Gasteiger partial charge on any atom is 0.336 e. The smallest absolute Gasteiger partial charge is 0.336 e. The minimum Gasteiger partial charge on any atom is -0.478 e. The van der Waals surface area contributed by atoms with Crippen molar-refractivity contribution >= 4 is 67.9 Å². The number of nitrogens with zero attached hydrogens (tertiary/aromatic N) is 1. The van der Waals surface area contributed by atoms with Gasteiger partial charge in [-0.05, 0) is 45.0 Å². The van der Waals surface area contributed by atoms with Crippen molar-refractivity contribution in [3.05, 3.63) is 135 Å². The van der Waals surface area contributed by atoms with E-state index in [1.807, 2.05) is 36.4 Å². The largest absolute Gasteiger partial charge is 0.478 e. The highest BCUT2D eigenvalue weighted by atomic mass is 16.4. The molecule has 0 fully saturated rings. The number of carbonyl (C=O) groups excluding carboxylic acids is 3. The third kappa shape index (κ3) is 4.00. The van der Waals surface area contributed by atoms with Gasteiger partial charge in [-0.3, -0.25) is 14.4 Å². The molecule has 1 N–H and O–H groups in total. The highest BCUT2D eigenvalue weighted by molar-refractivity contribution is 6.28. The number of hydrogen-bond donors (Lipinski definition) is 1. The average molecular weight is 548 g/mol. The number of Topliss-reactive ketones (excluding diaryl/α,β-unsaturated/α-hetero) is 1. The van der Waals surface area contributed by atoms with Crippen molar-refractivity contribution in [1.29, 1.82) is 0 Å². The van der Waals surface area contributed by atoms with Crippen LogP contribution in [0.1, 0.15) is 48.6 Å². The number of ketones is 3. The summed E-state index contributed by atoms with van der Waals surface area (Å²) < 4.78 is 0. The van der Waals surface area contributed by atoms with Gasteiger partial charge < -0.3 is 5.11 Å². The minimum absolute atomic E-state index is 0.0641. The van der Waals surface area contributed by atoms with Gasteiger partial charge in [-0.15, -0.1) is 0 Å². The second kappa shape index (κ2) is 9.71. The second-order valence-corrected chi connectivity index (χ2v) is 10.2. The zero-order valence-corrected chi connectivity index (χ0v) is 22.1. The molecule has 0 amide bonds. The third-order valence-corrected chi connectivity index (χ3v) is 7.80. The Morgan fingerprint density at radius 2 is 1.17 bits per heavy atom. The number of carboxylic acid groups (broad SMARTS) is 1. The molecule has 200 valence electrons. The van der Waals surface area contributed by atoms with Gasteiger partial charge in [0.1, 0.15) is 0 Å². The summed E-state index contributed by atoms with van der Waals surface area (Å²) in [5.41, 5.74) is 3.15. The van der Waals surface area contributed by atoms with Gasteiger partial charge in [-0.25, -0.2) is 9.78 Å². The quantitative estimate of drug-likeness (QED) is 0.282. The molecular formula is C36H21NO5. The van der Waals surface area contributed by atoms with Crippen LogP contribution in [0.4, 0.5) is 0 Å². The van der Waals surface area contributed by atoms with Gasteiger partial charge in [0.15, 0.2) is 17.3 Å². The van der Waals surface area contributed by atoms with E-state index in [2.05, 4.69) is 11.1 Å². The van der Waals surface area contributed by atoms with E-state index in [-0.39, 0.29) is 17.3 Å². The van der Waals surface area contributed by atoms with E-state index in [0.29, 0.717) is 39.6 Å². The number of rotatable bonds is 1. The minimum atomic E-state index is -0.929. The number of aromatic carboxylic acids is 1. The van der Waals surface area contributed by atoms with Crippen molar-refractivity contribution in [3.8, 4) is 0 Å². The molecule has 6 nitrogen and oxygen atoms in total. The maximum atomic E-state index is 12.1. The molecule has 5 aromatic carbocycles. The number of carboxylic acids is 1. The Morgan fingerprint density at radius 3 is 1.79 bits per heavy atom. The molecule has 0 aliphatic heterocycles. The SMILES string of the molecule is O=C1C=c2nc3ccc4c5cccc(C(=O)O)c5ccc4c3cc2=CC1.O=C1c2ccccc2C(=O)c2ccccc21. The van der Waals surface area contributed by atoms with Crippen molar-refractivity contribution in [3.63, 3.8) is 0 Å². The first-order valence-electron chi connectivity index (χ1n) is 13.4. The Balaban J connectivity index is 0.000000154. The molecule has 0 saturated carbocycles. The predicted molar refractivity (Wildman–Crippen MR) is 161 cm³/mol. The monoisotopic (exact) mass is 547 g/mol. The first kappa shape index (κ1) is 25.2. The Labute approximate surface area is 238 Å². The summed E-state index contributed by atoms with van der Waals surface area (Å²) in [5.74, 6) is -0.991. The van der Waals surface area contributed by atoms with Gasteiger partial charge in [-0.1, -0.05) is 84.9 Å². The predicted octanol–water partition coefficient (Wildman–Crippen LogP) is 5.24. The zero-order valence-electron chi connectivity index (χ0n) is 22.1. The molecule has 1 aromatic heterocycles. The van der Waals surface area contributed by atoms with Crippen LogP contribution in [0.25, 0.3) is 44.6 Å². The average Bonchev–Trinajstić information content (AvgIpc) is 3.02. The van der Waals surface area contributed by atoms with E-state index in [4.69, 9.17) is 0 Å². The van der Waals surface area contributed by atoms with Crippen LogP contribution in [0.15, 0.2) is 97.1 Å². The molecule has 0 atom stereocenters. The fourth-order valence-electron chi connectivity index (χ4n) is 5.79. The number of aromatic nitrogens is 1. The van der Waals surface area contributed by atoms with Crippen LogP contribution in [0.2, 0.25) is 0 Å². The maximum absolute atomic E-state index is 12.1. The molecule has 1 heterocycles. The molecule has 0 saturated heterocycles. The molecule has 0 bridgehead atoms. The summed E-state index contributed by atoms with van der Waals surface area (Å²) in [6, 6.07) is 29.0. The van der Waals surface area contributed by atoms with E-state index in [9.17, 15) is 24.3 Å². The van der Waals surface area contributed by atoms with E-state index in [1.165, 1.54) is 0 Å². The Bertz CT molecular complexity index is 2210. The van der Waals surface area contributed by atoms with Crippen molar-refractivity contribution < 1.29 is 24.3 Å². The van der Waals surface area contributed by atoms with Crippen LogP contribution in [0.5, 0.6) is 0 Å².